The third-order valence-corrected chi connectivity index (χ3v) is 5.86. The van der Waals surface area contributed by atoms with Crippen molar-refractivity contribution < 1.29 is 24.2 Å². The molecule has 0 saturated carbocycles. The standard InChI is InChI=1S/C24H21N3O6/c1-2-27-11-16(22(28)15-8-20-21(9-19(15)27)33-12-32-20)23(29)26-18(24(30)31)7-13-10-25-17-6-4-3-5-14(13)17/h3-6,8-11,18,25H,2,7,12H2,1H3,(H,26,29)(H,30,31)/t18-/m1/s1. The van der Waals surface area contributed by atoms with Gasteiger partial charge in [-0.05, 0) is 24.6 Å². The zero-order valence-corrected chi connectivity index (χ0v) is 17.8. The van der Waals surface area contributed by atoms with Crippen LogP contribution in [0.15, 0.2) is 53.6 Å². The number of carbonyl (C=O) groups is 2. The van der Waals surface area contributed by atoms with E-state index in [1.165, 1.54) is 6.20 Å². The molecule has 0 fully saturated rings. The Bertz CT molecular complexity index is 1470. The quantitative estimate of drug-likeness (QED) is 0.418. The van der Waals surface area contributed by atoms with Crippen molar-refractivity contribution in [3.8, 4) is 11.5 Å². The molecule has 1 aliphatic heterocycles. The van der Waals surface area contributed by atoms with Crippen LogP contribution in [0.1, 0.15) is 22.8 Å². The number of H-pyrrole nitrogens is 1. The minimum Gasteiger partial charge on any atom is -0.480 e. The van der Waals surface area contributed by atoms with E-state index < -0.39 is 23.3 Å². The molecule has 1 atom stereocenters. The third-order valence-electron chi connectivity index (χ3n) is 5.86. The average Bonchev–Trinajstić information content (AvgIpc) is 3.44. The summed E-state index contributed by atoms with van der Waals surface area (Å²) < 4.78 is 12.5. The molecule has 0 radical (unpaired) electrons. The van der Waals surface area contributed by atoms with Crippen molar-refractivity contribution in [1.82, 2.24) is 14.9 Å². The van der Waals surface area contributed by atoms with Crippen LogP contribution in [0.5, 0.6) is 11.5 Å². The summed E-state index contributed by atoms with van der Waals surface area (Å²) in [6.45, 7) is 2.44. The molecule has 9 nitrogen and oxygen atoms in total. The Kier molecular flexibility index (Phi) is 5.01. The van der Waals surface area contributed by atoms with Crippen LogP contribution in [-0.2, 0) is 17.8 Å². The Labute approximate surface area is 187 Å². The summed E-state index contributed by atoms with van der Waals surface area (Å²) in [6.07, 6.45) is 3.25. The molecule has 3 heterocycles. The SMILES string of the molecule is CCn1cc(C(=O)N[C@H](Cc2c[nH]c3ccccc23)C(=O)O)c(=O)c2cc3c(cc21)OCO3. The van der Waals surface area contributed by atoms with Crippen LogP contribution in [-0.4, -0.2) is 39.4 Å². The lowest BCUT2D eigenvalue weighted by molar-refractivity contribution is -0.139. The molecule has 168 valence electrons. The molecule has 1 amide bonds. The Hall–Kier alpha value is -4.27. The number of rotatable bonds is 6. The molecule has 0 saturated heterocycles. The number of nitrogens with zero attached hydrogens (tertiary/aromatic N) is 1. The van der Waals surface area contributed by atoms with Gasteiger partial charge in [0.25, 0.3) is 5.91 Å². The van der Waals surface area contributed by atoms with Gasteiger partial charge in [-0.2, -0.15) is 0 Å². The van der Waals surface area contributed by atoms with Gasteiger partial charge in [-0.1, -0.05) is 18.2 Å². The Morgan fingerprint density at radius 1 is 1.18 bits per heavy atom. The summed E-state index contributed by atoms with van der Waals surface area (Å²) >= 11 is 0. The predicted molar refractivity (Wildman–Crippen MR) is 121 cm³/mol. The number of nitrogens with one attached hydrogen (secondary N) is 2. The van der Waals surface area contributed by atoms with E-state index in [1.54, 1.807) is 22.9 Å². The molecule has 33 heavy (non-hydrogen) atoms. The predicted octanol–water partition coefficient (Wildman–Crippen LogP) is 2.66. The van der Waals surface area contributed by atoms with Gasteiger partial charge >= 0.3 is 5.97 Å². The highest BCUT2D eigenvalue weighted by Gasteiger charge is 2.25. The van der Waals surface area contributed by atoms with Gasteiger partial charge in [0, 0.05) is 42.3 Å². The van der Waals surface area contributed by atoms with E-state index in [9.17, 15) is 19.5 Å². The number of hydrogen-bond donors (Lipinski definition) is 3. The minimum atomic E-state index is -1.21. The Balaban J connectivity index is 1.49. The molecular formula is C24H21N3O6. The summed E-state index contributed by atoms with van der Waals surface area (Å²) in [5.74, 6) is -0.962. The van der Waals surface area contributed by atoms with Crippen molar-refractivity contribution in [2.45, 2.75) is 25.9 Å². The van der Waals surface area contributed by atoms with Crippen LogP contribution < -0.4 is 20.2 Å². The molecule has 0 unspecified atom stereocenters. The second-order valence-electron chi connectivity index (χ2n) is 7.81. The molecule has 2 aromatic heterocycles. The number of hydrogen-bond acceptors (Lipinski definition) is 5. The number of carbonyl (C=O) groups excluding carboxylic acids is 1. The number of aryl methyl sites for hydroxylation is 1. The second-order valence-corrected chi connectivity index (χ2v) is 7.81. The molecule has 4 aromatic rings. The van der Waals surface area contributed by atoms with E-state index in [4.69, 9.17) is 9.47 Å². The zero-order valence-electron chi connectivity index (χ0n) is 17.8. The second kappa shape index (κ2) is 8.01. The molecular weight excluding hydrogens is 426 g/mol. The van der Waals surface area contributed by atoms with Crippen LogP contribution in [0.3, 0.4) is 0 Å². The number of aliphatic carboxylic acids is 1. The van der Waals surface area contributed by atoms with E-state index in [1.807, 2.05) is 31.2 Å². The number of aromatic amines is 1. The lowest BCUT2D eigenvalue weighted by atomic mass is 10.0. The maximum atomic E-state index is 13.2. The summed E-state index contributed by atoms with van der Waals surface area (Å²) in [5, 5.41) is 13.5. The topological polar surface area (TPSA) is 123 Å². The molecule has 0 bridgehead atoms. The number of benzene rings is 2. The lowest BCUT2D eigenvalue weighted by Gasteiger charge is -2.16. The summed E-state index contributed by atoms with van der Waals surface area (Å²) in [7, 11) is 0. The van der Waals surface area contributed by atoms with Crippen molar-refractivity contribution in [2.75, 3.05) is 6.79 Å². The van der Waals surface area contributed by atoms with Gasteiger partial charge < -0.3 is 29.4 Å². The van der Waals surface area contributed by atoms with Crippen LogP contribution in [0.4, 0.5) is 0 Å². The van der Waals surface area contributed by atoms with E-state index in [-0.39, 0.29) is 18.8 Å². The van der Waals surface area contributed by atoms with Crippen LogP contribution in [0.2, 0.25) is 0 Å². The van der Waals surface area contributed by atoms with Gasteiger partial charge in [-0.15, -0.1) is 0 Å². The van der Waals surface area contributed by atoms with Crippen molar-refractivity contribution in [1.29, 1.82) is 0 Å². The largest absolute Gasteiger partial charge is 0.480 e. The number of pyridine rings is 1. The summed E-state index contributed by atoms with van der Waals surface area (Å²) in [5.41, 5.74) is 1.62. The number of carboxylic acids is 1. The van der Waals surface area contributed by atoms with E-state index in [0.717, 1.165) is 16.5 Å². The monoisotopic (exact) mass is 447 g/mol. The fourth-order valence-corrected chi connectivity index (χ4v) is 4.16. The van der Waals surface area contributed by atoms with Crippen molar-refractivity contribution in [3.05, 3.63) is 70.1 Å². The van der Waals surface area contributed by atoms with E-state index >= 15 is 0 Å². The van der Waals surface area contributed by atoms with E-state index in [0.29, 0.717) is 28.9 Å². The highest BCUT2D eigenvalue weighted by atomic mass is 16.7. The smallest absolute Gasteiger partial charge is 0.326 e. The number of amides is 1. The van der Waals surface area contributed by atoms with E-state index in [2.05, 4.69) is 10.3 Å². The summed E-state index contributed by atoms with van der Waals surface area (Å²) in [6, 6.07) is 9.58. The molecule has 1 aliphatic rings. The first-order valence-electron chi connectivity index (χ1n) is 10.5. The summed E-state index contributed by atoms with van der Waals surface area (Å²) in [4.78, 5) is 41.3. The molecule has 3 N–H and O–H groups in total. The maximum absolute atomic E-state index is 13.2. The first-order valence-corrected chi connectivity index (χ1v) is 10.5. The van der Waals surface area contributed by atoms with Crippen molar-refractivity contribution >= 4 is 33.7 Å². The van der Waals surface area contributed by atoms with Crippen LogP contribution in [0, 0.1) is 0 Å². The molecule has 9 heteroatoms. The maximum Gasteiger partial charge on any atom is 0.326 e. The van der Waals surface area contributed by atoms with Gasteiger partial charge in [0.05, 0.1) is 10.9 Å². The fraction of sp³-hybridized carbons (Fsp3) is 0.208. The zero-order chi connectivity index (χ0) is 23.1. The van der Waals surface area contributed by atoms with Gasteiger partial charge in [-0.25, -0.2) is 4.79 Å². The number of carboxylic acid groups (broad SMARTS) is 1. The van der Waals surface area contributed by atoms with Crippen LogP contribution in [0.25, 0.3) is 21.8 Å². The number of aromatic nitrogens is 2. The first-order chi connectivity index (χ1) is 16.0. The molecule has 0 spiro atoms. The van der Waals surface area contributed by atoms with Gasteiger partial charge in [-0.3, -0.25) is 9.59 Å². The van der Waals surface area contributed by atoms with Gasteiger partial charge in [0.15, 0.2) is 11.5 Å². The molecule has 0 aliphatic carbocycles. The first kappa shape index (κ1) is 20.6. The van der Waals surface area contributed by atoms with Gasteiger partial charge in [0.2, 0.25) is 12.2 Å². The number of para-hydroxylation sites is 1. The highest BCUT2D eigenvalue weighted by molar-refractivity contribution is 5.99. The van der Waals surface area contributed by atoms with Crippen LogP contribution >= 0.6 is 0 Å². The normalized spacial score (nSPS) is 13.4. The highest BCUT2D eigenvalue weighted by Crippen LogP contribution is 2.35. The van der Waals surface area contributed by atoms with Crippen molar-refractivity contribution in [3.63, 3.8) is 0 Å². The van der Waals surface area contributed by atoms with Crippen molar-refractivity contribution in [2.24, 2.45) is 0 Å². The fourth-order valence-electron chi connectivity index (χ4n) is 4.16. The number of ether oxygens (including phenoxy) is 2. The number of fused-ring (bicyclic) bond motifs is 3. The third kappa shape index (κ3) is 3.57. The molecule has 2 aromatic carbocycles. The van der Waals surface area contributed by atoms with Gasteiger partial charge in [0.1, 0.15) is 11.6 Å². The lowest BCUT2D eigenvalue weighted by Crippen LogP contribution is -2.43. The molecule has 5 rings (SSSR count). The average molecular weight is 447 g/mol. The minimum absolute atomic E-state index is 0.0629. The Morgan fingerprint density at radius 3 is 2.70 bits per heavy atom. The Morgan fingerprint density at radius 2 is 1.94 bits per heavy atom.